The zero-order valence-electron chi connectivity index (χ0n) is 43.8. The first-order valence-electron chi connectivity index (χ1n) is 25.8. The van der Waals surface area contributed by atoms with Gasteiger partial charge in [0.25, 0.3) is 0 Å². The zero-order chi connectivity index (χ0) is 54.3. The van der Waals surface area contributed by atoms with Gasteiger partial charge in [0, 0.05) is 44.8 Å². The van der Waals surface area contributed by atoms with Crippen LogP contribution in [-0.4, -0.2) is 95.4 Å². The lowest BCUT2D eigenvalue weighted by molar-refractivity contribution is -0.134. The molecule has 0 fully saturated rings. The molecule has 5 amide bonds. The first kappa shape index (κ1) is 56.9. The number of hydrogen-bond acceptors (Lipinski definition) is 9. The molecule has 14 nitrogen and oxygen atoms in total. The van der Waals surface area contributed by atoms with E-state index in [2.05, 4.69) is 22.5 Å². The van der Waals surface area contributed by atoms with Gasteiger partial charge in [-0.25, -0.2) is 9.59 Å². The minimum absolute atomic E-state index is 0.0250. The third-order valence-electron chi connectivity index (χ3n) is 12.7. The van der Waals surface area contributed by atoms with Crippen LogP contribution in [0.5, 0.6) is 0 Å². The predicted octanol–water partition coefficient (Wildman–Crippen LogP) is 10.1. The fourth-order valence-corrected chi connectivity index (χ4v) is 8.81. The van der Waals surface area contributed by atoms with Crippen molar-refractivity contribution in [1.29, 1.82) is 5.41 Å². The Morgan fingerprint density at radius 1 is 0.632 bits per heavy atom. The van der Waals surface area contributed by atoms with Gasteiger partial charge in [0.05, 0.1) is 6.04 Å². The lowest BCUT2D eigenvalue weighted by Crippen LogP contribution is -2.52. The van der Waals surface area contributed by atoms with Gasteiger partial charge in [-0.2, -0.15) is 0 Å². The van der Waals surface area contributed by atoms with Crippen LogP contribution in [0.1, 0.15) is 86.6 Å². The van der Waals surface area contributed by atoms with Crippen molar-refractivity contribution in [2.75, 3.05) is 26.2 Å². The second-order valence-corrected chi connectivity index (χ2v) is 19.6. The van der Waals surface area contributed by atoms with E-state index in [0.29, 0.717) is 12.8 Å². The van der Waals surface area contributed by atoms with E-state index in [1.54, 1.807) is 25.7 Å². The van der Waals surface area contributed by atoms with E-state index in [4.69, 9.17) is 14.9 Å². The maximum absolute atomic E-state index is 15.4. The SMILES string of the molecule is C=CCOC(=O)N[C@@H](Cc1ccc2ccccc2c1)C(=O)CCN(CC(c1ccccc1)c1ccccc1)C(=O)[C@H](CCCN(C(=N)NC(=O)CCc1ccccc1)C(=O)CCc1ccccc1)NC(=O)OC(C)(C)C. The molecule has 0 saturated heterocycles. The highest BCUT2D eigenvalue weighted by Crippen LogP contribution is 2.27. The van der Waals surface area contributed by atoms with E-state index in [1.807, 2.05) is 164 Å². The maximum atomic E-state index is 15.4. The van der Waals surface area contributed by atoms with Gasteiger partial charge < -0.3 is 25.0 Å². The monoisotopic (exact) mass is 1030 g/mol. The molecule has 6 aromatic carbocycles. The van der Waals surface area contributed by atoms with E-state index >= 15 is 4.79 Å². The molecule has 0 unspecified atom stereocenters. The summed E-state index contributed by atoms with van der Waals surface area (Å²) in [6.07, 6.45) is 0.754. The summed E-state index contributed by atoms with van der Waals surface area (Å²) in [5.41, 5.74) is 3.56. The summed E-state index contributed by atoms with van der Waals surface area (Å²) in [6.45, 7) is 8.58. The van der Waals surface area contributed by atoms with Crippen molar-refractivity contribution >= 4 is 52.4 Å². The number of aryl methyl sites for hydroxylation is 2. The van der Waals surface area contributed by atoms with Crippen molar-refractivity contribution in [3.63, 3.8) is 0 Å². The largest absolute Gasteiger partial charge is 0.445 e. The Morgan fingerprint density at radius 2 is 1.18 bits per heavy atom. The number of ketones is 1. The number of benzene rings is 6. The molecule has 0 aliphatic carbocycles. The number of nitrogens with zero attached hydrogens (tertiary/aromatic N) is 2. The lowest BCUT2D eigenvalue weighted by atomic mass is 9.90. The van der Waals surface area contributed by atoms with E-state index in [-0.39, 0.29) is 76.5 Å². The van der Waals surface area contributed by atoms with Crippen LogP contribution in [0.4, 0.5) is 9.59 Å². The summed E-state index contributed by atoms with van der Waals surface area (Å²) < 4.78 is 11.0. The van der Waals surface area contributed by atoms with E-state index in [1.165, 1.54) is 11.0 Å². The number of nitrogens with one attached hydrogen (secondary N) is 4. The van der Waals surface area contributed by atoms with Gasteiger partial charge in [0.1, 0.15) is 18.2 Å². The van der Waals surface area contributed by atoms with Crippen LogP contribution in [0.3, 0.4) is 0 Å². The van der Waals surface area contributed by atoms with Crippen molar-refractivity contribution in [2.24, 2.45) is 0 Å². The lowest BCUT2D eigenvalue weighted by Gasteiger charge is -2.33. The number of rotatable bonds is 25. The minimum Gasteiger partial charge on any atom is -0.445 e. The summed E-state index contributed by atoms with van der Waals surface area (Å²) in [6, 6.07) is 49.7. The molecule has 14 heteroatoms. The van der Waals surface area contributed by atoms with Gasteiger partial charge in [-0.15, -0.1) is 0 Å². The van der Waals surface area contributed by atoms with Crippen molar-refractivity contribution in [1.82, 2.24) is 25.8 Å². The molecule has 0 bridgehead atoms. The van der Waals surface area contributed by atoms with Crippen LogP contribution in [0, 0.1) is 5.41 Å². The van der Waals surface area contributed by atoms with Gasteiger partial charge in [-0.3, -0.25) is 34.8 Å². The van der Waals surface area contributed by atoms with Gasteiger partial charge in [-0.1, -0.05) is 176 Å². The number of carbonyl (C=O) groups excluding carboxylic acids is 6. The molecule has 0 radical (unpaired) electrons. The second-order valence-electron chi connectivity index (χ2n) is 19.6. The third-order valence-corrected chi connectivity index (χ3v) is 12.7. The molecule has 76 heavy (non-hydrogen) atoms. The molecular formula is C62H70N6O8. The Morgan fingerprint density at radius 3 is 1.78 bits per heavy atom. The Labute approximate surface area is 446 Å². The highest BCUT2D eigenvalue weighted by Gasteiger charge is 2.33. The van der Waals surface area contributed by atoms with E-state index in [0.717, 1.165) is 38.6 Å². The molecule has 2 atom stereocenters. The number of Topliss-reactive ketones (excluding diaryl/α,β-unsaturated/α-hetero) is 1. The van der Waals surface area contributed by atoms with Gasteiger partial charge >= 0.3 is 12.2 Å². The number of alkyl carbamates (subject to hydrolysis) is 2. The standard InChI is InChI=1S/C62H70N6O8/c1-5-41-75-60(73)65-54(43-47-32-35-48-25-18-19-30-51(48)42-47)55(69)38-40-67(44-52(49-26-14-8-15-27-49)50-28-16-9-17-29-50)58(72)53(64-61(74)76-62(2,3)4)31-20-39-68(57(71)37-34-46-23-12-7-13-24-46)59(63)66-56(70)36-33-45-21-10-6-11-22-45/h5-19,21-30,32,35,42,52-54H,1,20,31,33-34,36-41,43-44H2,2-4H3,(H,64,74)(H,65,73)(H2,63,66,70)/t53-,54-/m0/s1. The van der Waals surface area contributed by atoms with Gasteiger partial charge in [0.15, 0.2) is 5.78 Å². The van der Waals surface area contributed by atoms with Crippen molar-refractivity contribution in [3.05, 3.63) is 204 Å². The highest BCUT2D eigenvalue weighted by atomic mass is 16.6. The smallest absolute Gasteiger partial charge is 0.408 e. The fraction of sp³-hybridized carbons (Fsp3) is 0.306. The van der Waals surface area contributed by atoms with E-state index in [9.17, 15) is 24.0 Å². The van der Waals surface area contributed by atoms with Crippen molar-refractivity contribution < 1.29 is 38.2 Å². The van der Waals surface area contributed by atoms with Gasteiger partial charge in [0.2, 0.25) is 23.7 Å². The second kappa shape index (κ2) is 28.9. The van der Waals surface area contributed by atoms with Crippen molar-refractivity contribution in [2.45, 2.75) is 95.7 Å². The molecule has 0 saturated carbocycles. The third kappa shape index (κ3) is 18.5. The highest BCUT2D eigenvalue weighted by molar-refractivity contribution is 6.03. The molecular weight excluding hydrogens is 957 g/mol. The first-order chi connectivity index (χ1) is 36.6. The van der Waals surface area contributed by atoms with Crippen LogP contribution in [-0.2, 0) is 47.9 Å². The number of amides is 5. The Kier molecular flexibility index (Phi) is 21.6. The summed E-state index contributed by atoms with van der Waals surface area (Å²) in [5, 5.41) is 19.2. The summed E-state index contributed by atoms with van der Waals surface area (Å²) >= 11 is 0. The number of hydrogen-bond donors (Lipinski definition) is 4. The molecule has 0 aliphatic rings. The molecule has 396 valence electrons. The summed E-state index contributed by atoms with van der Waals surface area (Å²) in [4.78, 5) is 86.9. The molecule has 0 spiro atoms. The van der Waals surface area contributed by atoms with Crippen LogP contribution >= 0.6 is 0 Å². The predicted molar refractivity (Wildman–Crippen MR) is 297 cm³/mol. The minimum atomic E-state index is -1.24. The van der Waals surface area contributed by atoms with Gasteiger partial charge in [-0.05, 0) is 91.5 Å². The van der Waals surface area contributed by atoms with Crippen LogP contribution in [0.15, 0.2) is 176 Å². The van der Waals surface area contributed by atoms with Crippen molar-refractivity contribution in [3.8, 4) is 0 Å². The molecule has 4 N–H and O–H groups in total. The van der Waals surface area contributed by atoms with Crippen LogP contribution in [0.25, 0.3) is 10.8 Å². The Balaban J connectivity index is 1.29. The average molecular weight is 1030 g/mol. The molecule has 0 aromatic heterocycles. The number of ether oxygens (including phenoxy) is 2. The maximum Gasteiger partial charge on any atom is 0.408 e. The normalized spacial score (nSPS) is 11.9. The quantitative estimate of drug-likeness (QED) is 0.0248. The Hall–Kier alpha value is -8.39. The molecule has 6 rings (SSSR count). The van der Waals surface area contributed by atoms with E-state index < -0.39 is 53.6 Å². The average Bonchev–Trinajstić information content (AvgIpc) is 3.42. The Bertz CT molecular complexity index is 2840. The van der Waals surface area contributed by atoms with Crippen LogP contribution in [0.2, 0.25) is 0 Å². The topological polar surface area (TPSA) is 187 Å². The zero-order valence-corrected chi connectivity index (χ0v) is 43.8. The number of fused-ring (bicyclic) bond motifs is 1. The number of carbonyl (C=O) groups is 6. The molecule has 0 aliphatic heterocycles. The van der Waals surface area contributed by atoms with Crippen LogP contribution < -0.4 is 16.0 Å². The summed E-state index contributed by atoms with van der Waals surface area (Å²) in [7, 11) is 0. The molecule has 6 aromatic rings. The first-order valence-corrected chi connectivity index (χ1v) is 25.8. The molecule has 0 heterocycles. The fourth-order valence-electron chi connectivity index (χ4n) is 8.81. The number of guanidine groups is 1. The summed E-state index contributed by atoms with van der Waals surface area (Å²) in [5.74, 6) is -2.50.